The molecule has 4 rings (SSSR count). The second-order valence-corrected chi connectivity index (χ2v) is 6.10. The van der Waals surface area contributed by atoms with Gasteiger partial charge in [0.2, 0.25) is 0 Å². The first-order valence-corrected chi connectivity index (χ1v) is 7.96. The van der Waals surface area contributed by atoms with Crippen LogP contribution in [0, 0.1) is 6.92 Å². The van der Waals surface area contributed by atoms with Crippen LogP contribution in [0.1, 0.15) is 23.1 Å². The van der Waals surface area contributed by atoms with E-state index in [-0.39, 0.29) is 6.04 Å². The fourth-order valence-electron chi connectivity index (χ4n) is 3.31. The van der Waals surface area contributed by atoms with Crippen molar-refractivity contribution in [3.05, 3.63) is 47.5 Å². The number of morpholine rings is 1. The van der Waals surface area contributed by atoms with Crippen molar-refractivity contribution in [1.29, 1.82) is 0 Å². The minimum Gasteiger partial charge on any atom is -0.378 e. The summed E-state index contributed by atoms with van der Waals surface area (Å²) in [5.74, 6) is 1.08. The van der Waals surface area contributed by atoms with Crippen molar-refractivity contribution in [1.82, 2.24) is 24.6 Å². The number of hydrogen-bond donors (Lipinski definition) is 1. The molecule has 1 saturated heterocycles. The quantitative estimate of drug-likeness (QED) is 0.805. The number of hydrogen-bond acceptors (Lipinski definition) is 4. The Morgan fingerprint density at radius 1 is 1.35 bits per heavy atom. The van der Waals surface area contributed by atoms with Crippen LogP contribution < -0.4 is 0 Å². The van der Waals surface area contributed by atoms with Crippen molar-refractivity contribution >= 4 is 11.0 Å². The molecule has 2 aromatic heterocycles. The second-order valence-electron chi connectivity index (χ2n) is 6.10. The van der Waals surface area contributed by atoms with Crippen molar-refractivity contribution in [3.8, 4) is 0 Å². The molecule has 1 aliphatic rings. The Kier molecular flexibility index (Phi) is 3.63. The van der Waals surface area contributed by atoms with Crippen LogP contribution in [0.2, 0.25) is 0 Å². The van der Waals surface area contributed by atoms with Crippen LogP contribution in [0.3, 0.4) is 0 Å². The Morgan fingerprint density at radius 2 is 2.22 bits per heavy atom. The Balaban J connectivity index is 1.65. The average Bonchev–Trinajstić information content (AvgIpc) is 3.13. The fraction of sp³-hybridized carbons (Fsp3) is 0.412. The lowest BCUT2D eigenvalue weighted by atomic mass is 10.1. The largest absolute Gasteiger partial charge is 0.378 e. The van der Waals surface area contributed by atoms with Crippen LogP contribution in [-0.4, -0.2) is 44.4 Å². The molecule has 0 spiro atoms. The maximum absolute atomic E-state index is 5.70. The van der Waals surface area contributed by atoms with E-state index in [0.29, 0.717) is 6.61 Å². The number of nitrogens with zero attached hydrogens (tertiary/aromatic N) is 4. The minimum atomic E-state index is 0.200. The van der Waals surface area contributed by atoms with Gasteiger partial charge in [0.05, 0.1) is 48.7 Å². The highest BCUT2D eigenvalue weighted by Gasteiger charge is 2.28. The predicted molar refractivity (Wildman–Crippen MR) is 88.0 cm³/mol. The number of aryl methyl sites for hydroxylation is 2. The van der Waals surface area contributed by atoms with Crippen molar-refractivity contribution < 1.29 is 4.74 Å². The lowest BCUT2D eigenvalue weighted by Crippen LogP contribution is -2.40. The van der Waals surface area contributed by atoms with E-state index in [1.807, 2.05) is 12.3 Å². The molecule has 1 fully saturated rings. The number of fused-ring (bicyclic) bond motifs is 1. The van der Waals surface area contributed by atoms with E-state index in [2.05, 4.69) is 51.8 Å². The highest BCUT2D eigenvalue weighted by Crippen LogP contribution is 2.27. The molecule has 0 bridgehead atoms. The molecule has 0 radical (unpaired) electrons. The Labute approximate surface area is 135 Å². The molecule has 1 atom stereocenters. The normalized spacial score (nSPS) is 19.5. The van der Waals surface area contributed by atoms with Crippen LogP contribution in [0.15, 0.2) is 30.5 Å². The molecule has 6 heteroatoms. The van der Waals surface area contributed by atoms with E-state index >= 15 is 0 Å². The highest BCUT2D eigenvalue weighted by molar-refractivity contribution is 5.75. The van der Waals surface area contributed by atoms with Crippen molar-refractivity contribution in [2.75, 3.05) is 19.8 Å². The first-order chi connectivity index (χ1) is 11.2. The van der Waals surface area contributed by atoms with Gasteiger partial charge in [-0.2, -0.15) is 5.10 Å². The van der Waals surface area contributed by atoms with Crippen LogP contribution in [0.5, 0.6) is 0 Å². The maximum Gasteiger partial charge on any atom is 0.123 e. The summed E-state index contributed by atoms with van der Waals surface area (Å²) in [5, 5.41) is 7.30. The van der Waals surface area contributed by atoms with Crippen LogP contribution in [0.4, 0.5) is 0 Å². The standard InChI is InChI=1S/C17H21N5O/c1-12-9-18-20-17(12)15-11-23-8-7-22(15)10-16-19-13-5-3-4-6-14(13)21(16)2/h3-6,9,15H,7-8,10-11H2,1-2H3,(H,18,20)/t15-/m0/s1. The summed E-state index contributed by atoms with van der Waals surface area (Å²) in [6.45, 7) is 5.23. The number of aromatic amines is 1. The van der Waals surface area contributed by atoms with E-state index in [1.165, 1.54) is 11.1 Å². The lowest BCUT2D eigenvalue weighted by Gasteiger charge is -2.35. The molecule has 6 nitrogen and oxygen atoms in total. The zero-order chi connectivity index (χ0) is 15.8. The summed E-state index contributed by atoms with van der Waals surface area (Å²) in [4.78, 5) is 7.22. The summed E-state index contributed by atoms with van der Waals surface area (Å²) >= 11 is 0. The summed E-state index contributed by atoms with van der Waals surface area (Å²) < 4.78 is 7.88. The molecule has 3 heterocycles. The molecular weight excluding hydrogens is 290 g/mol. The molecule has 0 saturated carbocycles. The molecule has 0 amide bonds. The van der Waals surface area contributed by atoms with Crippen LogP contribution >= 0.6 is 0 Å². The topological polar surface area (TPSA) is 59.0 Å². The Morgan fingerprint density at radius 3 is 3.00 bits per heavy atom. The number of ether oxygens (including phenoxy) is 1. The first-order valence-electron chi connectivity index (χ1n) is 7.96. The lowest BCUT2D eigenvalue weighted by molar-refractivity contribution is -0.0158. The highest BCUT2D eigenvalue weighted by atomic mass is 16.5. The van der Waals surface area contributed by atoms with Gasteiger partial charge in [0.15, 0.2) is 0 Å². The predicted octanol–water partition coefficient (Wildman–Crippen LogP) is 2.18. The van der Waals surface area contributed by atoms with Gasteiger partial charge in [0.25, 0.3) is 0 Å². The maximum atomic E-state index is 5.70. The number of nitrogens with one attached hydrogen (secondary N) is 1. The summed E-state index contributed by atoms with van der Waals surface area (Å²) in [7, 11) is 2.08. The third-order valence-corrected chi connectivity index (χ3v) is 4.66. The third kappa shape index (κ3) is 2.54. The molecule has 120 valence electrons. The number of rotatable bonds is 3. The van der Waals surface area contributed by atoms with Gasteiger partial charge in [-0.1, -0.05) is 12.1 Å². The number of para-hydroxylation sites is 2. The van der Waals surface area contributed by atoms with Crippen molar-refractivity contribution in [2.45, 2.75) is 19.5 Å². The van der Waals surface area contributed by atoms with Gasteiger partial charge in [-0.3, -0.25) is 10.00 Å². The van der Waals surface area contributed by atoms with Gasteiger partial charge in [0.1, 0.15) is 5.82 Å². The van der Waals surface area contributed by atoms with Crippen molar-refractivity contribution in [2.24, 2.45) is 7.05 Å². The van der Waals surface area contributed by atoms with Crippen LogP contribution in [0.25, 0.3) is 11.0 Å². The van der Waals surface area contributed by atoms with Gasteiger partial charge in [0, 0.05) is 13.6 Å². The van der Waals surface area contributed by atoms with Gasteiger partial charge in [-0.25, -0.2) is 4.98 Å². The second kappa shape index (κ2) is 5.79. The monoisotopic (exact) mass is 311 g/mol. The van der Waals surface area contributed by atoms with Gasteiger partial charge < -0.3 is 9.30 Å². The van der Waals surface area contributed by atoms with Crippen LogP contribution in [-0.2, 0) is 18.3 Å². The van der Waals surface area contributed by atoms with E-state index in [1.54, 1.807) is 0 Å². The summed E-state index contributed by atoms with van der Waals surface area (Å²) in [6, 6.07) is 8.46. The average molecular weight is 311 g/mol. The third-order valence-electron chi connectivity index (χ3n) is 4.66. The molecule has 23 heavy (non-hydrogen) atoms. The molecule has 1 aliphatic heterocycles. The smallest absolute Gasteiger partial charge is 0.123 e. The van der Waals surface area contributed by atoms with E-state index < -0.39 is 0 Å². The number of benzene rings is 1. The molecule has 3 aromatic rings. The van der Waals surface area contributed by atoms with E-state index in [4.69, 9.17) is 9.72 Å². The van der Waals surface area contributed by atoms with Crippen molar-refractivity contribution in [3.63, 3.8) is 0 Å². The zero-order valence-corrected chi connectivity index (χ0v) is 13.5. The summed E-state index contributed by atoms with van der Waals surface area (Å²) in [6.07, 6.45) is 1.87. The minimum absolute atomic E-state index is 0.200. The first kappa shape index (κ1) is 14.4. The number of aromatic nitrogens is 4. The Bertz CT molecular complexity index is 821. The molecule has 0 aliphatic carbocycles. The molecule has 1 aromatic carbocycles. The van der Waals surface area contributed by atoms with E-state index in [9.17, 15) is 0 Å². The van der Waals surface area contributed by atoms with Gasteiger partial charge in [-0.15, -0.1) is 0 Å². The molecular formula is C17H21N5O. The van der Waals surface area contributed by atoms with Gasteiger partial charge >= 0.3 is 0 Å². The number of imidazole rings is 1. The molecule has 1 N–H and O–H groups in total. The van der Waals surface area contributed by atoms with Gasteiger partial charge in [-0.05, 0) is 24.6 Å². The Hall–Kier alpha value is -2.18. The van der Waals surface area contributed by atoms with E-state index in [0.717, 1.165) is 36.7 Å². The molecule has 0 unspecified atom stereocenters. The summed E-state index contributed by atoms with van der Waals surface area (Å²) in [5.41, 5.74) is 4.54. The number of H-pyrrole nitrogens is 1. The zero-order valence-electron chi connectivity index (χ0n) is 13.5. The SMILES string of the molecule is Cc1cn[nH]c1[C@@H]1COCCN1Cc1nc2ccccc2n1C. The fourth-order valence-corrected chi connectivity index (χ4v) is 3.31.